The second-order valence-corrected chi connectivity index (χ2v) is 6.40. The van der Waals surface area contributed by atoms with Gasteiger partial charge in [0.15, 0.2) is 0 Å². The Morgan fingerprint density at radius 1 is 1.43 bits per heavy atom. The van der Waals surface area contributed by atoms with Crippen molar-refractivity contribution in [2.75, 3.05) is 0 Å². The van der Waals surface area contributed by atoms with Crippen molar-refractivity contribution >= 4 is 23.2 Å². The van der Waals surface area contributed by atoms with Gasteiger partial charge in [-0.25, -0.2) is 4.79 Å². The Kier molecular flexibility index (Phi) is 5.76. The van der Waals surface area contributed by atoms with Gasteiger partial charge in [0, 0.05) is 4.88 Å². The van der Waals surface area contributed by atoms with Gasteiger partial charge < -0.3 is 15.2 Å². The SMILES string of the molecule is CCC(OC1CCCC1)C(=O)NCc1ccc(C(=O)O)s1. The largest absolute Gasteiger partial charge is 0.477 e. The summed E-state index contributed by atoms with van der Waals surface area (Å²) in [6.45, 7) is 2.29. The smallest absolute Gasteiger partial charge is 0.345 e. The van der Waals surface area contributed by atoms with Crippen LogP contribution in [0.4, 0.5) is 0 Å². The second-order valence-electron chi connectivity index (χ2n) is 5.23. The summed E-state index contributed by atoms with van der Waals surface area (Å²) in [6, 6.07) is 3.29. The van der Waals surface area contributed by atoms with Gasteiger partial charge in [-0.05, 0) is 31.4 Å². The number of ether oxygens (including phenoxy) is 1. The van der Waals surface area contributed by atoms with E-state index in [0.717, 1.165) is 17.7 Å². The first-order chi connectivity index (χ1) is 10.1. The normalized spacial score (nSPS) is 16.8. The summed E-state index contributed by atoms with van der Waals surface area (Å²) >= 11 is 1.18. The van der Waals surface area contributed by atoms with Crippen LogP contribution in [-0.4, -0.2) is 29.2 Å². The fraction of sp³-hybridized carbons (Fsp3) is 0.600. The third kappa shape index (κ3) is 4.54. The molecule has 0 aromatic carbocycles. The lowest BCUT2D eigenvalue weighted by Crippen LogP contribution is -2.37. The molecule has 0 saturated heterocycles. The molecule has 1 aliphatic carbocycles. The van der Waals surface area contributed by atoms with Gasteiger partial charge in [0.25, 0.3) is 0 Å². The minimum absolute atomic E-state index is 0.116. The van der Waals surface area contributed by atoms with Crippen LogP contribution >= 0.6 is 11.3 Å². The number of hydrogen-bond acceptors (Lipinski definition) is 4. The third-order valence-electron chi connectivity index (χ3n) is 3.63. The number of nitrogens with one attached hydrogen (secondary N) is 1. The van der Waals surface area contributed by atoms with Crippen molar-refractivity contribution < 1.29 is 19.4 Å². The number of hydrogen-bond donors (Lipinski definition) is 2. The van der Waals surface area contributed by atoms with Crippen molar-refractivity contribution in [3.8, 4) is 0 Å². The molecule has 116 valence electrons. The van der Waals surface area contributed by atoms with Crippen LogP contribution in [0.15, 0.2) is 12.1 Å². The molecule has 1 atom stereocenters. The fourth-order valence-corrected chi connectivity index (χ4v) is 3.26. The summed E-state index contributed by atoms with van der Waals surface area (Å²) in [5.74, 6) is -1.05. The molecule has 6 heteroatoms. The summed E-state index contributed by atoms with van der Waals surface area (Å²) in [5, 5.41) is 11.7. The Morgan fingerprint density at radius 3 is 2.71 bits per heavy atom. The molecule has 0 spiro atoms. The van der Waals surface area contributed by atoms with Gasteiger partial charge in [-0.2, -0.15) is 0 Å². The first kappa shape index (κ1) is 16.0. The Hall–Kier alpha value is -1.40. The van der Waals surface area contributed by atoms with E-state index in [1.807, 2.05) is 6.92 Å². The van der Waals surface area contributed by atoms with Crippen molar-refractivity contribution in [1.82, 2.24) is 5.32 Å². The molecule has 1 amide bonds. The molecule has 1 unspecified atom stereocenters. The van der Waals surface area contributed by atoms with Crippen LogP contribution in [0.1, 0.15) is 53.6 Å². The lowest BCUT2D eigenvalue weighted by atomic mass is 10.2. The number of thiophene rings is 1. The van der Waals surface area contributed by atoms with E-state index in [9.17, 15) is 9.59 Å². The number of amides is 1. The molecule has 0 aliphatic heterocycles. The predicted molar refractivity (Wildman–Crippen MR) is 80.5 cm³/mol. The lowest BCUT2D eigenvalue weighted by molar-refractivity contribution is -0.136. The first-order valence-corrected chi connectivity index (χ1v) is 8.17. The molecule has 1 heterocycles. The van der Waals surface area contributed by atoms with Crippen molar-refractivity contribution in [2.24, 2.45) is 0 Å². The van der Waals surface area contributed by atoms with Crippen molar-refractivity contribution in [3.05, 3.63) is 21.9 Å². The predicted octanol–water partition coefficient (Wildman–Crippen LogP) is 2.80. The van der Waals surface area contributed by atoms with Gasteiger partial charge in [-0.3, -0.25) is 4.79 Å². The number of carbonyl (C=O) groups is 2. The number of carbonyl (C=O) groups excluding carboxylic acids is 1. The van der Waals surface area contributed by atoms with Crippen molar-refractivity contribution in [1.29, 1.82) is 0 Å². The summed E-state index contributed by atoms with van der Waals surface area (Å²) in [4.78, 5) is 24.0. The van der Waals surface area contributed by atoms with Crippen LogP contribution in [0.5, 0.6) is 0 Å². The number of carboxylic acid groups (broad SMARTS) is 1. The second kappa shape index (κ2) is 7.56. The van der Waals surface area contributed by atoms with Gasteiger partial charge in [-0.1, -0.05) is 19.8 Å². The molecule has 1 aromatic heterocycles. The molecule has 5 nitrogen and oxygen atoms in total. The molecular formula is C15H21NO4S. The maximum Gasteiger partial charge on any atom is 0.345 e. The average molecular weight is 311 g/mol. The van der Waals surface area contributed by atoms with E-state index < -0.39 is 12.1 Å². The molecular weight excluding hydrogens is 290 g/mol. The summed E-state index contributed by atoms with van der Waals surface area (Å²) in [6.07, 6.45) is 4.87. The summed E-state index contributed by atoms with van der Waals surface area (Å²) in [7, 11) is 0. The van der Waals surface area contributed by atoms with E-state index in [1.54, 1.807) is 12.1 Å². The monoisotopic (exact) mass is 311 g/mol. The number of aromatic carboxylic acids is 1. The minimum Gasteiger partial charge on any atom is -0.477 e. The highest BCUT2D eigenvalue weighted by Gasteiger charge is 2.24. The van der Waals surface area contributed by atoms with Crippen LogP contribution < -0.4 is 5.32 Å². The van der Waals surface area contributed by atoms with Gasteiger partial charge in [0.1, 0.15) is 11.0 Å². The maximum absolute atomic E-state index is 12.1. The summed E-state index contributed by atoms with van der Waals surface area (Å²) < 4.78 is 5.85. The van der Waals surface area contributed by atoms with E-state index in [1.165, 1.54) is 24.2 Å². The molecule has 1 fully saturated rings. The molecule has 1 saturated carbocycles. The van der Waals surface area contributed by atoms with Crippen molar-refractivity contribution in [3.63, 3.8) is 0 Å². The zero-order chi connectivity index (χ0) is 15.2. The van der Waals surface area contributed by atoms with Crippen LogP contribution in [-0.2, 0) is 16.1 Å². The number of rotatable bonds is 7. The Bertz CT molecular complexity index is 494. The van der Waals surface area contributed by atoms with Gasteiger partial charge >= 0.3 is 5.97 Å². The van der Waals surface area contributed by atoms with E-state index in [0.29, 0.717) is 13.0 Å². The topological polar surface area (TPSA) is 75.6 Å². The zero-order valence-electron chi connectivity index (χ0n) is 12.1. The van der Waals surface area contributed by atoms with Crippen molar-refractivity contribution in [2.45, 2.75) is 57.8 Å². The Labute approximate surface area is 128 Å². The Balaban J connectivity index is 1.82. The van der Waals surface area contributed by atoms with Crippen LogP contribution in [0.3, 0.4) is 0 Å². The fourth-order valence-electron chi connectivity index (χ4n) is 2.48. The van der Waals surface area contributed by atoms with E-state index in [4.69, 9.17) is 9.84 Å². The highest BCUT2D eigenvalue weighted by Crippen LogP contribution is 2.23. The molecule has 21 heavy (non-hydrogen) atoms. The molecule has 0 bridgehead atoms. The zero-order valence-corrected chi connectivity index (χ0v) is 12.9. The summed E-state index contributed by atoms with van der Waals surface area (Å²) in [5.41, 5.74) is 0. The molecule has 1 aliphatic rings. The molecule has 2 rings (SSSR count). The highest BCUT2D eigenvalue weighted by atomic mass is 32.1. The molecule has 1 aromatic rings. The minimum atomic E-state index is -0.937. The maximum atomic E-state index is 12.1. The van der Waals surface area contributed by atoms with Gasteiger partial charge in [0.2, 0.25) is 5.91 Å². The van der Waals surface area contributed by atoms with Crippen LogP contribution in [0.2, 0.25) is 0 Å². The number of carboxylic acids is 1. The standard InChI is InChI=1S/C15H21NO4S/c1-2-12(20-10-5-3-4-6-10)14(17)16-9-11-7-8-13(21-11)15(18)19/h7-8,10,12H,2-6,9H2,1H3,(H,16,17)(H,18,19). The quantitative estimate of drug-likeness (QED) is 0.812. The first-order valence-electron chi connectivity index (χ1n) is 7.35. The van der Waals surface area contributed by atoms with Crippen LogP contribution in [0.25, 0.3) is 0 Å². The van der Waals surface area contributed by atoms with Gasteiger partial charge in [-0.15, -0.1) is 11.3 Å². The van der Waals surface area contributed by atoms with E-state index in [2.05, 4.69) is 5.32 Å². The van der Waals surface area contributed by atoms with E-state index >= 15 is 0 Å². The third-order valence-corrected chi connectivity index (χ3v) is 4.70. The van der Waals surface area contributed by atoms with E-state index in [-0.39, 0.29) is 16.9 Å². The lowest BCUT2D eigenvalue weighted by Gasteiger charge is -2.20. The Morgan fingerprint density at radius 2 is 2.14 bits per heavy atom. The average Bonchev–Trinajstić information content (AvgIpc) is 3.13. The van der Waals surface area contributed by atoms with Crippen LogP contribution in [0, 0.1) is 0 Å². The van der Waals surface area contributed by atoms with Gasteiger partial charge in [0.05, 0.1) is 12.6 Å². The highest BCUT2D eigenvalue weighted by molar-refractivity contribution is 7.13. The molecule has 2 N–H and O–H groups in total. The molecule has 0 radical (unpaired) electrons.